The molecule has 1 aliphatic rings. The molecule has 0 spiro atoms. The molecule has 16 heavy (non-hydrogen) atoms. The Balaban J connectivity index is 1.96. The van der Waals surface area contributed by atoms with Crippen molar-refractivity contribution < 1.29 is 0 Å². The molecule has 1 fully saturated rings. The highest BCUT2D eigenvalue weighted by Gasteiger charge is 2.14. The Morgan fingerprint density at radius 1 is 1.25 bits per heavy atom. The van der Waals surface area contributed by atoms with Gasteiger partial charge < -0.3 is 10.6 Å². The van der Waals surface area contributed by atoms with Gasteiger partial charge in [-0.15, -0.1) is 0 Å². The topological polar surface area (TPSA) is 37.0 Å². The quantitative estimate of drug-likeness (QED) is 0.801. The van der Waals surface area contributed by atoms with Gasteiger partial charge in [0.15, 0.2) is 0 Å². The van der Waals surface area contributed by atoms with E-state index in [2.05, 4.69) is 33.8 Å². The van der Waals surface area contributed by atoms with Crippen LogP contribution in [0.2, 0.25) is 0 Å². The molecule has 1 aliphatic heterocycles. The number of fused-ring (bicyclic) bond motifs is 1. The van der Waals surface area contributed by atoms with Crippen LogP contribution in [-0.4, -0.2) is 24.1 Å². The molecule has 3 rings (SSSR count). The number of pyridine rings is 1. The van der Waals surface area contributed by atoms with Crippen molar-refractivity contribution >= 4 is 16.5 Å². The zero-order chi connectivity index (χ0) is 10.8. The predicted octanol–water partition coefficient (Wildman–Crippen LogP) is 2.01. The summed E-state index contributed by atoms with van der Waals surface area (Å²) in [6.45, 7) is 2.15. The normalized spacial score (nSPS) is 20.1. The molecule has 3 nitrogen and oxygen atoms in total. The second-order valence-electron chi connectivity index (χ2n) is 4.24. The first kappa shape index (κ1) is 9.60. The van der Waals surface area contributed by atoms with Gasteiger partial charge in [-0.05, 0) is 13.0 Å². The van der Waals surface area contributed by atoms with E-state index in [0.717, 1.165) is 18.8 Å². The van der Waals surface area contributed by atoms with Crippen molar-refractivity contribution in [2.24, 2.45) is 0 Å². The molecule has 1 atom stereocenters. The highest BCUT2D eigenvalue weighted by atomic mass is 15.0. The summed E-state index contributed by atoms with van der Waals surface area (Å²) in [7, 11) is 0. The standard InChI is InChI=1S/C13H15N3/c1-2-4-12-10(3-1)7-15-9-13(12)16-11-5-6-14-8-11/h1-4,7,9,11,14,16H,5-6,8H2/t11-/m0/s1. The highest BCUT2D eigenvalue weighted by Crippen LogP contribution is 2.22. The molecule has 2 N–H and O–H groups in total. The van der Waals surface area contributed by atoms with Gasteiger partial charge in [0.05, 0.1) is 11.9 Å². The highest BCUT2D eigenvalue weighted by molar-refractivity contribution is 5.92. The van der Waals surface area contributed by atoms with Gasteiger partial charge >= 0.3 is 0 Å². The first-order valence-electron chi connectivity index (χ1n) is 5.73. The molecule has 1 saturated heterocycles. The first-order chi connectivity index (χ1) is 7.93. The summed E-state index contributed by atoms with van der Waals surface area (Å²) in [5, 5.41) is 9.36. The van der Waals surface area contributed by atoms with Gasteiger partial charge in [-0.25, -0.2) is 0 Å². The second-order valence-corrected chi connectivity index (χ2v) is 4.24. The summed E-state index contributed by atoms with van der Waals surface area (Å²) in [6.07, 6.45) is 5.01. The maximum atomic E-state index is 4.27. The fourth-order valence-electron chi connectivity index (χ4n) is 2.23. The number of nitrogens with one attached hydrogen (secondary N) is 2. The van der Waals surface area contributed by atoms with Crippen molar-refractivity contribution in [2.45, 2.75) is 12.5 Å². The van der Waals surface area contributed by atoms with Crippen LogP contribution >= 0.6 is 0 Å². The van der Waals surface area contributed by atoms with E-state index in [0.29, 0.717) is 6.04 Å². The van der Waals surface area contributed by atoms with Gasteiger partial charge in [-0.3, -0.25) is 4.98 Å². The molecule has 2 aromatic rings. The number of hydrogen-bond donors (Lipinski definition) is 2. The lowest BCUT2D eigenvalue weighted by atomic mass is 10.1. The molecule has 0 saturated carbocycles. The van der Waals surface area contributed by atoms with E-state index < -0.39 is 0 Å². The molecular formula is C13H15N3. The van der Waals surface area contributed by atoms with Crippen LogP contribution in [-0.2, 0) is 0 Å². The van der Waals surface area contributed by atoms with Crippen LogP contribution in [0.25, 0.3) is 10.8 Å². The van der Waals surface area contributed by atoms with Crippen LogP contribution in [0.15, 0.2) is 36.7 Å². The van der Waals surface area contributed by atoms with Crippen molar-refractivity contribution in [3.05, 3.63) is 36.7 Å². The summed E-state index contributed by atoms with van der Waals surface area (Å²) in [6, 6.07) is 8.89. The Morgan fingerprint density at radius 2 is 2.19 bits per heavy atom. The molecule has 2 heterocycles. The van der Waals surface area contributed by atoms with Gasteiger partial charge in [-0.2, -0.15) is 0 Å². The van der Waals surface area contributed by atoms with E-state index in [1.54, 1.807) is 0 Å². The van der Waals surface area contributed by atoms with E-state index >= 15 is 0 Å². The van der Waals surface area contributed by atoms with Crippen molar-refractivity contribution in [1.29, 1.82) is 0 Å². The van der Waals surface area contributed by atoms with Gasteiger partial charge in [0.25, 0.3) is 0 Å². The van der Waals surface area contributed by atoms with E-state index in [4.69, 9.17) is 0 Å². The van der Waals surface area contributed by atoms with Crippen molar-refractivity contribution in [3.8, 4) is 0 Å². The predicted molar refractivity (Wildman–Crippen MR) is 66.6 cm³/mol. The third-order valence-electron chi connectivity index (χ3n) is 3.09. The third-order valence-corrected chi connectivity index (χ3v) is 3.09. The molecule has 82 valence electrons. The molecule has 0 amide bonds. The number of anilines is 1. The summed E-state index contributed by atoms with van der Waals surface area (Å²) in [5.74, 6) is 0. The Morgan fingerprint density at radius 3 is 3.06 bits per heavy atom. The van der Waals surface area contributed by atoms with Crippen molar-refractivity contribution in [3.63, 3.8) is 0 Å². The van der Waals surface area contributed by atoms with Gasteiger partial charge in [0, 0.05) is 29.6 Å². The van der Waals surface area contributed by atoms with Crippen LogP contribution < -0.4 is 10.6 Å². The lowest BCUT2D eigenvalue weighted by Crippen LogP contribution is -2.22. The Kier molecular flexibility index (Phi) is 2.46. The van der Waals surface area contributed by atoms with Crippen LogP contribution in [0.5, 0.6) is 0 Å². The summed E-state index contributed by atoms with van der Waals surface area (Å²) >= 11 is 0. The Hall–Kier alpha value is -1.61. The van der Waals surface area contributed by atoms with Gasteiger partial charge in [0.1, 0.15) is 0 Å². The lowest BCUT2D eigenvalue weighted by molar-refractivity contribution is 0.794. The van der Waals surface area contributed by atoms with Gasteiger partial charge in [0.2, 0.25) is 0 Å². The van der Waals surface area contributed by atoms with E-state index in [-0.39, 0.29) is 0 Å². The lowest BCUT2D eigenvalue weighted by Gasteiger charge is -2.14. The number of hydrogen-bond acceptors (Lipinski definition) is 3. The first-order valence-corrected chi connectivity index (χ1v) is 5.73. The summed E-state index contributed by atoms with van der Waals surface area (Å²) < 4.78 is 0. The number of rotatable bonds is 2. The zero-order valence-electron chi connectivity index (χ0n) is 9.11. The van der Waals surface area contributed by atoms with Crippen molar-refractivity contribution in [2.75, 3.05) is 18.4 Å². The van der Waals surface area contributed by atoms with Crippen LogP contribution in [0.1, 0.15) is 6.42 Å². The SMILES string of the molecule is c1ccc2c(N[C@H]3CCNC3)cncc2c1. The van der Waals surface area contributed by atoms with Gasteiger partial charge in [-0.1, -0.05) is 24.3 Å². The second kappa shape index (κ2) is 4.10. The van der Waals surface area contributed by atoms with Crippen LogP contribution in [0.3, 0.4) is 0 Å². The number of nitrogens with zero attached hydrogens (tertiary/aromatic N) is 1. The zero-order valence-corrected chi connectivity index (χ0v) is 9.11. The average molecular weight is 213 g/mol. The summed E-state index contributed by atoms with van der Waals surface area (Å²) in [5.41, 5.74) is 1.15. The average Bonchev–Trinajstić information content (AvgIpc) is 2.82. The molecule has 1 aromatic carbocycles. The molecule has 0 aliphatic carbocycles. The number of benzene rings is 1. The Bertz CT molecular complexity index is 484. The maximum absolute atomic E-state index is 4.27. The molecule has 0 radical (unpaired) electrons. The molecule has 0 bridgehead atoms. The monoisotopic (exact) mass is 213 g/mol. The van der Waals surface area contributed by atoms with Crippen molar-refractivity contribution in [1.82, 2.24) is 10.3 Å². The fraction of sp³-hybridized carbons (Fsp3) is 0.308. The molecule has 3 heteroatoms. The van der Waals surface area contributed by atoms with E-state index in [1.807, 2.05) is 18.5 Å². The van der Waals surface area contributed by atoms with Crippen LogP contribution in [0.4, 0.5) is 5.69 Å². The fourth-order valence-corrected chi connectivity index (χ4v) is 2.23. The van der Waals surface area contributed by atoms with E-state index in [1.165, 1.54) is 17.2 Å². The van der Waals surface area contributed by atoms with Crippen LogP contribution in [0, 0.1) is 0 Å². The minimum atomic E-state index is 0.535. The largest absolute Gasteiger partial charge is 0.379 e. The third kappa shape index (κ3) is 1.74. The molecule has 1 aromatic heterocycles. The molecular weight excluding hydrogens is 198 g/mol. The number of aromatic nitrogens is 1. The summed E-state index contributed by atoms with van der Waals surface area (Å²) in [4.78, 5) is 4.27. The smallest absolute Gasteiger partial charge is 0.0608 e. The Labute approximate surface area is 94.9 Å². The maximum Gasteiger partial charge on any atom is 0.0608 e. The minimum Gasteiger partial charge on any atom is -0.379 e. The van der Waals surface area contributed by atoms with E-state index in [9.17, 15) is 0 Å². The minimum absolute atomic E-state index is 0.535. The molecule has 0 unspecified atom stereocenters.